The Morgan fingerprint density at radius 1 is 1.27 bits per heavy atom. The second kappa shape index (κ2) is 8.03. The lowest BCUT2D eigenvalue weighted by atomic mass is 9.95. The van der Waals surface area contributed by atoms with Crippen molar-refractivity contribution in [3.63, 3.8) is 0 Å². The van der Waals surface area contributed by atoms with E-state index in [-0.39, 0.29) is 18.6 Å². The molecule has 22 heavy (non-hydrogen) atoms. The number of ether oxygens (including phenoxy) is 1. The Morgan fingerprint density at radius 3 is 2.77 bits per heavy atom. The summed E-state index contributed by atoms with van der Waals surface area (Å²) in [4.78, 5) is 23.3. The lowest BCUT2D eigenvalue weighted by Crippen LogP contribution is -2.44. The second-order valence-electron chi connectivity index (χ2n) is 5.50. The van der Waals surface area contributed by atoms with Crippen LogP contribution in [0.5, 0.6) is 5.75 Å². The predicted molar refractivity (Wildman–Crippen MR) is 83.1 cm³/mol. The van der Waals surface area contributed by atoms with E-state index in [1.807, 2.05) is 0 Å². The summed E-state index contributed by atoms with van der Waals surface area (Å²) in [6.07, 6.45) is 4.14. The summed E-state index contributed by atoms with van der Waals surface area (Å²) in [5.74, 6) is -1.16. The van der Waals surface area contributed by atoms with Gasteiger partial charge in [0.1, 0.15) is 5.75 Å². The highest BCUT2D eigenvalue weighted by Gasteiger charge is 2.30. The quantitative estimate of drug-likeness (QED) is 0.816. The molecular formula is C16H20ClNO4. The van der Waals surface area contributed by atoms with Crippen LogP contribution in [0.15, 0.2) is 24.3 Å². The van der Waals surface area contributed by atoms with Crippen molar-refractivity contribution in [2.75, 3.05) is 6.61 Å². The minimum Gasteiger partial charge on any atom is -0.484 e. The normalized spacial score (nSPS) is 21.7. The molecule has 2 rings (SSSR count). The summed E-state index contributed by atoms with van der Waals surface area (Å²) in [6, 6.07) is 6.47. The van der Waals surface area contributed by atoms with Crippen molar-refractivity contribution in [1.82, 2.24) is 5.32 Å². The van der Waals surface area contributed by atoms with Gasteiger partial charge in [0.2, 0.25) is 0 Å². The third kappa shape index (κ3) is 4.91. The van der Waals surface area contributed by atoms with Crippen molar-refractivity contribution in [3.8, 4) is 5.75 Å². The SMILES string of the molecule is O=C(COc1cccc(Cl)c1)N[C@H]1CCCCC[C@H]1C(=O)O. The van der Waals surface area contributed by atoms with Crippen LogP contribution in [0.1, 0.15) is 32.1 Å². The fourth-order valence-electron chi connectivity index (χ4n) is 2.73. The van der Waals surface area contributed by atoms with E-state index in [9.17, 15) is 14.7 Å². The number of carbonyl (C=O) groups excluding carboxylic acids is 1. The van der Waals surface area contributed by atoms with Crippen LogP contribution in [-0.2, 0) is 9.59 Å². The molecule has 2 atom stereocenters. The largest absolute Gasteiger partial charge is 0.484 e. The maximum Gasteiger partial charge on any atom is 0.308 e. The molecule has 0 bridgehead atoms. The molecule has 1 aromatic rings. The Kier molecular flexibility index (Phi) is 6.07. The minimum absolute atomic E-state index is 0.150. The van der Waals surface area contributed by atoms with Gasteiger partial charge in [-0.1, -0.05) is 36.9 Å². The highest BCUT2D eigenvalue weighted by Crippen LogP contribution is 2.24. The van der Waals surface area contributed by atoms with E-state index in [1.54, 1.807) is 24.3 Å². The smallest absolute Gasteiger partial charge is 0.308 e. The molecule has 0 heterocycles. The van der Waals surface area contributed by atoms with Gasteiger partial charge in [-0.2, -0.15) is 0 Å². The van der Waals surface area contributed by atoms with Crippen LogP contribution in [0.25, 0.3) is 0 Å². The van der Waals surface area contributed by atoms with E-state index < -0.39 is 11.9 Å². The monoisotopic (exact) mass is 325 g/mol. The van der Waals surface area contributed by atoms with Crippen LogP contribution in [0.2, 0.25) is 5.02 Å². The van der Waals surface area contributed by atoms with Crippen molar-refractivity contribution in [1.29, 1.82) is 0 Å². The Hall–Kier alpha value is -1.75. The standard InChI is InChI=1S/C16H20ClNO4/c17-11-5-4-6-12(9-11)22-10-15(19)18-14-8-3-1-2-7-13(14)16(20)21/h4-6,9,13-14H,1-3,7-8,10H2,(H,18,19)(H,20,21)/t13-,14+/m1/s1. The molecule has 0 saturated heterocycles. The van der Waals surface area contributed by atoms with Crippen LogP contribution < -0.4 is 10.1 Å². The van der Waals surface area contributed by atoms with Crippen molar-refractivity contribution in [2.45, 2.75) is 38.1 Å². The number of carboxylic acid groups (broad SMARTS) is 1. The van der Waals surface area contributed by atoms with Gasteiger partial charge in [0, 0.05) is 11.1 Å². The molecule has 1 aliphatic carbocycles. The molecule has 5 nitrogen and oxygen atoms in total. The molecule has 1 aromatic carbocycles. The number of halogens is 1. The molecule has 1 fully saturated rings. The second-order valence-corrected chi connectivity index (χ2v) is 5.94. The van der Waals surface area contributed by atoms with Crippen LogP contribution in [0, 0.1) is 5.92 Å². The van der Waals surface area contributed by atoms with E-state index >= 15 is 0 Å². The average molecular weight is 326 g/mol. The van der Waals surface area contributed by atoms with E-state index in [0.29, 0.717) is 23.6 Å². The molecular weight excluding hydrogens is 306 g/mol. The Morgan fingerprint density at radius 2 is 2.05 bits per heavy atom. The number of hydrogen-bond donors (Lipinski definition) is 2. The topological polar surface area (TPSA) is 75.6 Å². The van der Waals surface area contributed by atoms with Crippen LogP contribution in [-0.4, -0.2) is 29.6 Å². The maximum absolute atomic E-state index is 12.0. The number of carbonyl (C=O) groups is 2. The molecule has 1 saturated carbocycles. The minimum atomic E-state index is -0.844. The molecule has 120 valence electrons. The van der Waals surface area contributed by atoms with Crippen molar-refractivity contribution >= 4 is 23.5 Å². The molecule has 0 aliphatic heterocycles. The molecule has 1 aliphatic rings. The third-order valence-electron chi connectivity index (χ3n) is 3.85. The molecule has 0 radical (unpaired) electrons. The van der Waals surface area contributed by atoms with E-state index in [0.717, 1.165) is 19.3 Å². The number of rotatable bonds is 5. The fourth-order valence-corrected chi connectivity index (χ4v) is 2.91. The number of amides is 1. The summed E-state index contributed by atoms with van der Waals surface area (Å²) >= 11 is 5.84. The maximum atomic E-state index is 12.0. The first-order chi connectivity index (χ1) is 10.6. The van der Waals surface area contributed by atoms with Crippen LogP contribution in [0.3, 0.4) is 0 Å². The van der Waals surface area contributed by atoms with Crippen LogP contribution in [0.4, 0.5) is 0 Å². The number of aliphatic carboxylic acids is 1. The van der Waals surface area contributed by atoms with Gasteiger partial charge in [-0.15, -0.1) is 0 Å². The van der Waals surface area contributed by atoms with Gasteiger partial charge < -0.3 is 15.2 Å². The molecule has 6 heteroatoms. The first kappa shape index (κ1) is 16.6. The van der Waals surface area contributed by atoms with E-state index in [4.69, 9.17) is 16.3 Å². The van der Waals surface area contributed by atoms with Gasteiger partial charge in [-0.05, 0) is 31.0 Å². The zero-order valence-electron chi connectivity index (χ0n) is 12.3. The third-order valence-corrected chi connectivity index (χ3v) is 4.08. The number of carboxylic acids is 1. The van der Waals surface area contributed by atoms with Gasteiger partial charge in [0.25, 0.3) is 5.91 Å². The fraction of sp³-hybridized carbons (Fsp3) is 0.500. The van der Waals surface area contributed by atoms with Gasteiger partial charge in [-0.25, -0.2) is 0 Å². The van der Waals surface area contributed by atoms with Crippen LogP contribution >= 0.6 is 11.6 Å². The number of hydrogen-bond acceptors (Lipinski definition) is 3. The van der Waals surface area contributed by atoms with E-state index in [1.165, 1.54) is 0 Å². The summed E-state index contributed by atoms with van der Waals surface area (Å²) < 4.78 is 5.37. The number of nitrogens with one attached hydrogen (secondary N) is 1. The van der Waals surface area contributed by atoms with Gasteiger partial charge in [0.15, 0.2) is 6.61 Å². The van der Waals surface area contributed by atoms with Gasteiger partial charge in [-0.3, -0.25) is 9.59 Å². The van der Waals surface area contributed by atoms with E-state index in [2.05, 4.69) is 5.32 Å². The van der Waals surface area contributed by atoms with Crippen molar-refractivity contribution < 1.29 is 19.4 Å². The zero-order chi connectivity index (χ0) is 15.9. The Labute approximate surface area is 134 Å². The lowest BCUT2D eigenvalue weighted by Gasteiger charge is -2.22. The summed E-state index contributed by atoms with van der Waals surface area (Å²) in [5.41, 5.74) is 0. The molecule has 0 aromatic heterocycles. The predicted octanol–water partition coefficient (Wildman–Crippen LogP) is 2.87. The summed E-state index contributed by atoms with van der Waals surface area (Å²) in [6.45, 7) is -0.150. The molecule has 0 unspecified atom stereocenters. The Balaban J connectivity index is 1.88. The van der Waals surface area contributed by atoms with Gasteiger partial charge in [0.05, 0.1) is 5.92 Å². The Bertz CT molecular complexity index is 535. The highest BCUT2D eigenvalue weighted by atomic mass is 35.5. The highest BCUT2D eigenvalue weighted by molar-refractivity contribution is 6.30. The zero-order valence-corrected chi connectivity index (χ0v) is 13.0. The number of benzene rings is 1. The van der Waals surface area contributed by atoms with Gasteiger partial charge >= 0.3 is 5.97 Å². The van der Waals surface area contributed by atoms with Crippen molar-refractivity contribution in [3.05, 3.63) is 29.3 Å². The molecule has 0 spiro atoms. The lowest BCUT2D eigenvalue weighted by molar-refractivity contribution is -0.143. The summed E-state index contributed by atoms with van der Waals surface area (Å²) in [7, 11) is 0. The average Bonchev–Trinajstić information content (AvgIpc) is 2.71. The first-order valence-corrected chi connectivity index (χ1v) is 7.84. The summed E-state index contributed by atoms with van der Waals surface area (Å²) in [5, 5.41) is 12.6. The molecule has 1 amide bonds. The van der Waals surface area contributed by atoms with Crippen molar-refractivity contribution in [2.24, 2.45) is 5.92 Å². The first-order valence-electron chi connectivity index (χ1n) is 7.47. The molecule has 2 N–H and O–H groups in total.